The van der Waals surface area contributed by atoms with Gasteiger partial charge in [-0.05, 0) is 18.6 Å². The summed E-state index contributed by atoms with van der Waals surface area (Å²) in [6.45, 7) is -0.401. The van der Waals surface area contributed by atoms with E-state index in [2.05, 4.69) is 0 Å². The van der Waals surface area contributed by atoms with Gasteiger partial charge in [0, 0.05) is 0 Å². The van der Waals surface area contributed by atoms with E-state index in [1.807, 2.05) is 0 Å². The highest BCUT2D eigenvalue weighted by Gasteiger charge is 2.06. The van der Waals surface area contributed by atoms with Gasteiger partial charge in [0.2, 0.25) is 0 Å². The molecule has 1 aromatic rings. The standard InChI is InChI=1S/C7H10FNO/c8-4-3-6(9)7-2-1-5-10-7/h1-2,5-6H,3-4,9H2/t6-/m0/s1. The van der Waals surface area contributed by atoms with E-state index in [4.69, 9.17) is 10.2 Å². The summed E-state index contributed by atoms with van der Waals surface area (Å²) in [4.78, 5) is 0. The van der Waals surface area contributed by atoms with Gasteiger partial charge in [0.15, 0.2) is 0 Å². The minimum absolute atomic E-state index is 0.292. The molecule has 0 fully saturated rings. The second-order valence-electron chi connectivity index (χ2n) is 2.10. The van der Waals surface area contributed by atoms with Crippen molar-refractivity contribution in [2.75, 3.05) is 6.67 Å². The molecular formula is C7H10FNO. The van der Waals surface area contributed by atoms with Crippen molar-refractivity contribution in [2.45, 2.75) is 12.5 Å². The van der Waals surface area contributed by atoms with Gasteiger partial charge in [0.25, 0.3) is 0 Å². The third-order valence-electron chi connectivity index (χ3n) is 1.33. The van der Waals surface area contributed by atoms with Gasteiger partial charge in [0.05, 0.1) is 19.0 Å². The topological polar surface area (TPSA) is 39.2 Å². The molecular weight excluding hydrogens is 133 g/mol. The van der Waals surface area contributed by atoms with E-state index in [1.165, 1.54) is 6.26 Å². The summed E-state index contributed by atoms with van der Waals surface area (Å²) < 4.78 is 16.7. The zero-order valence-corrected chi connectivity index (χ0v) is 5.59. The fraction of sp³-hybridized carbons (Fsp3) is 0.429. The van der Waals surface area contributed by atoms with Crippen LogP contribution in [0.15, 0.2) is 22.8 Å². The zero-order chi connectivity index (χ0) is 7.40. The number of alkyl halides is 1. The summed E-state index contributed by atoms with van der Waals surface area (Å²) in [5.74, 6) is 0.651. The first-order chi connectivity index (χ1) is 4.84. The molecule has 0 bridgehead atoms. The van der Waals surface area contributed by atoms with Crippen molar-refractivity contribution < 1.29 is 8.81 Å². The third-order valence-corrected chi connectivity index (χ3v) is 1.33. The second kappa shape index (κ2) is 3.37. The number of halogens is 1. The maximum absolute atomic E-state index is 11.7. The molecule has 3 heteroatoms. The summed E-state index contributed by atoms with van der Waals surface area (Å²) in [6, 6.07) is 3.20. The summed E-state index contributed by atoms with van der Waals surface area (Å²) in [5.41, 5.74) is 5.52. The van der Waals surface area contributed by atoms with Crippen LogP contribution in [0.2, 0.25) is 0 Å². The summed E-state index contributed by atoms with van der Waals surface area (Å²) in [7, 11) is 0. The van der Waals surface area contributed by atoms with Crippen LogP contribution >= 0.6 is 0 Å². The Bertz CT molecular complexity index is 174. The minimum atomic E-state index is -0.401. The Kier molecular flexibility index (Phi) is 2.45. The van der Waals surface area contributed by atoms with Crippen LogP contribution in [-0.2, 0) is 0 Å². The molecule has 2 N–H and O–H groups in total. The van der Waals surface area contributed by atoms with E-state index in [0.717, 1.165) is 0 Å². The highest BCUT2D eigenvalue weighted by atomic mass is 19.1. The van der Waals surface area contributed by atoms with Gasteiger partial charge in [-0.2, -0.15) is 0 Å². The molecule has 0 saturated heterocycles. The number of nitrogens with two attached hydrogens (primary N) is 1. The average molecular weight is 143 g/mol. The maximum Gasteiger partial charge on any atom is 0.120 e. The molecule has 0 aliphatic rings. The molecule has 0 saturated carbocycles. The second-order valence-corrected chi connectivity index (χ2v) is 2.10. The van der Waals surface area contributed by atoms with Crippen molar-refractivity contribution in [1.82, 2.24) is 0 Å². The van der Waals surface area contributed by atoms with Gasteiger partial charge in [0.1, 0.15) is 5.76 Å². The van der Waals surface area contributed by atoms with Crippen molar-refractivity contribution in [3.63, 3.8) is 0 Å². The van der Waals surface area contributed by atoms with Crippen LogP contribution < -0.4 is 5.73 Å². The number of hydrogen-bond donors (Lipinski definition) is 1. The quantitative estimate of drug-likeness (QED) is 0.698. The first kappa shape index (κ1) is 7.28. The van der Waals surface area contributed by atoms with Crippen molar-refractivity contribution >= 4 is 0 Å². The number of rotatable bonds is 3. The molecule has 0 unspecified atom stereocenters. The Morgan fingerprint density at radius 2 is 2.50 bits per heavy atom. The lowest BCUT2D eigenvalue weighted by Crippen LogP contribution is -2.09. The van der Waals surface area contributed by atoms with Crippen LogP contribution in [0.5, 0.6) is 0 Å². The molecule has 2 nitrogen and oxygen atoms in total. The molecule has 0 radical (unpaired) electrons. The predicted octanol–water partition coefficient (Wildman–Crippen LogP) is 1.64. The molecule has 1 atom stereocenters. The van der Waals surface area contributed by atoms with E-state index >= 15 is 0 Å². The van der Waals surface area contributed by atoms with Crippen molar-refractivity contribution in [1.29, 1.82) is 0 Å². The first-order valence-electron chi connectivity index (χ1n) is 3.19. The van der Waals surface area contributed by atoms with Gasteiger partial charge >= 0.3 is 0 Å². The molecule has 0 aliphatic heterocycles. The van der Waals surface area contributed by atoms with Crippen LogP contribution in [-0.4, -0.2) is 6.67 Å². The van der Waals surface area contributed by atoms with E-state index in [0.29, 0.717) is 12.2 Å². The summed E-state index contributed by atoms with van der Waals surface area (Å²) in [5, 5.41) is 0. The molecule has 1 heterocycles. The monoisotopic (exact) mass is 143 g/mol. The number of furan rings is 1. The Hall–Kier alpha value is -0.830. The Morgan fingerprint density at radius 1 is 1.70 bits per heavy atom. The van der Waals surface area contributed by atoms with Gasteiger partial charge in [-0.1, -0.05) is 0 Å². The van der Waals surface area contributed by atoms with Crippen LogP contribution in [0, 0.1) is 0 Å². The van der Waals surface area contributed by atoms with E-state index in [9.17, 15) is 4.39 Å². The van der Waals surface area contributed by atoms with Crippen LogP contribution in [0.4, 0.5) is 4.39 Å². The molecule has 0 spiro atoms. The summed E-state index contributed by atoms with van der Waals surface area (Å²) >= 11 is 0. The van der Waals surface area contributed by atoms with Crippen molar-refractivity contribution in [3.8, 4) is 0 Å². The normalized spacial score (nSPS) is 13.4. The van der Waals surface area contributed by atoms with Crippen LogP contribution in [0.3, 0.4) is 0 Å². The Balaban J connectivity index is 2.50. The Morgan fingerprint density at radius 3 is 3.00 bits per heavy atom. The fourth-order valence-electron chi connectivity index (χ4n) is 0.762. The lowest BCUT2D eigenvalue weighted by atomic mass is 10.2. The molecule has 1 rings (SSSR count). The fourth-order valence-corrected chi connectivity index (χ4v) is 0.762. The van der Waals surface area contributed by atoms with Crippen molar-refractivity contribution in [2.24, 2.45) is 5.73 Å². The van der Waals surface area contributed by atoms with E-state index < -0.39 is 6.67 Å². The van der Waals surface area contributed by atoms with Gasteiger partial charge in [-0.3, -0.25) is 4.39 Å². The molecule has 0 aliphatic carbocycles. The van der Waals surface area contributed by atoms with Crippen LogP contribution in [0.1, 0.15) is 18.2 Å². The van der Waals surface area contributed by atoms with Crippen LogP contribution in [0.25, 0.3) is 0 Å². The first-order valence-corrected chi connectivity index (χ1v) is 3.19. The Labute approximate surface area is 58.8 Å². The average Bonchev–Trinajstić information content (AvgIpc) is 2.38. The highest BCUT2D eigenvalue weighted by molar-refractivity contribution is 5.02. The lowest BCUT2D eigenvalue weighted by molar-refractivity contribution is 0.397. The smallest absolute Gasteiger partial charge is 0.120 e. The minimum Gasteiger partial charge on any atom is -0.468 e. The van der Waals surface area contributed by atoms with E-state index in [1.54, 1.807) is 12.1 Å². The van der Waals surface area contributed by atoms with E-state index in [-0.39, 0.29) is 6.04 Å². The molecule has 10 heavy (non-hydrogen) atoms. The molecule has 0 amide bonds. The third kappa shape index (κ3) is 1.57. The van der Waals surface area contributed by atoms with Crippen molar-refractivity contribution in [3.05, 3.63) is 24.2 Å². The zero-order valence-electron chi connectivity index (χ0n) is 5.59. The van der Waals surface area contributed by atoms with Gasteiger partial charge in [-0.15, -0.1) is 0 Å². The summed E-state index contributed by atoms with van der Waals surface area (Å²) in [6.07, 6.45) is 1.86. The molecule has 1 aromatic heterocycles. The van der Waals surface area contributed by atoms with Gasteiger partial charge in [-0.25, -0.2) is 0 Å². The highest BCUT2D eigenvalue weighted by Crippen LogP contribution is 2.13. The largest absolute Gasteiger partial charge is 0.468 e. The number of hydrogen-bond acceptors (Lipinski definition) is 2. The SMILES string of the molecule is N[C@@H](CCF)c1ccco1. The van der Waals surface area contributed by atoms with Gasteiger partial charge < -0.3 is 10.2 Å². The molecule has 0 aromatic carbocycles. The maximum atomic E-state index is 11.7. The molecule has 56 valence electrons. The lowest BCUT2D eigenvalue weighted by Gasteiger charge is -2.03. The predicted molar refractivity (Wildman–Crippen MR) is 36.2 cm³/mol.